The molecule has 1 rings (SSSR count). The highest BCUT2D eigenvalue weighted by Crippen LogP contribution is 2.15. The van der Waals surface area contributed by atoms with Crippen LogP contribution >= 0.6 is 0 Å². The van der Waals surface area contributed by atoms with Crippen LogP contribution in [0.1, 0.15) is 12.5 Å². The summed E-state index contributed by atoms with van der Waals surface area (Å²) in [4.78, 5) is 13.4. The van der Waals surface area contributed by atoms with E-state index in [9.17, 15) is 4.79 Å². The summed E-state index contributed by atoms with van der Waals surface area (Å²) in [6, 6.07) is 7.52. The fraction of sp³-hybridized carbons (Fsp3) is 0.462. The highest BCUT2D eigenvalue weighted by atomic mass is 16.5. The van der Waals surface area contributed by atoms with Gasteiger partial charge in [-0.25, -0.2) is 0 Å². The third-order valence-corrected chi connectivity index (χ3v) is 2.67. The van der Waals surface area contributed by atoms with E-state index in [0.717, 1.165) is 12.2 Å². The normalized spacial score (nSPS) is 12.0. The lowest BCUT2D eigenvalue weighted by molar-refractivity contribution is -0.141. The van der Waals surface area contributed by atoms with Crippen LogP contribution in [-0.4, -0.2) is 32.2 Å². The molecule has 94 valence electrons. The van der Waals surface area contributed by atoms with Gasteiger partial charge in [-0.3, -0.25) is 4.79 Å². The van der Waals surface area contributed by atoms with Gasteiger partial charge in [-0.1, -0.05) is 12.1 Å². The maximum Gasteiger partial charge on any atom is 0.324 e. The number of aryl methyl sites for hydroxylation is 1. The zero-order chi connectivity index (χ0) is 12.8. The molecule has 0 fully saturated rings. The second kappa shape index (κ2) is 6.25. The third kappa shape index (κ3) is 3.75. The lowest BCUT2D eigenvalue weighted by atomic mass is 10.2. The fourth-order valence-electron chi connectivity index (χ4n) is 1.71. The molecule has 17 heavy (non-hydrogen) atoms. The van der Waals surface area contributed by atoms with Gasteiger partial charge < -0.3 is 15.4 Å². The molecule has 0 aliphatic carbocycles. The van der Waals surface area contributed by atoms with Gasteiger partial charge in [0.25, 0.3) is 0 Å². The van der Waals surface area contributed by atoms with Crippen molar-refractivity contribution >= 4 is 11.7 Å². The number of nitrogens with two attached hydrogens (primary N) is 1. The Balaban J connectivity index is 2.75. The number of benzene rings is 1. The van der Waals surface area contributed by atoms with Crippen molar-refractivity contribution in [2.24, 2.45) is 5.73 Å². The standard InChI is InChI=1S/C13H20N2O2/c1-4-15(9-12(14)13(16)17-3)11-7-5-6-10(2)8-11/h5-8,12H,4,9,14H2,1-3H3. The summed E-state index contributed by atoms with van der Waals surface area (Å²) in [7, 11) is 1.35. The SMILES string of the molecule is CCN(CC(N)C(=O)OC)c1cccc(C)c1. The summed E-state index contributed by atoms with van der Waals surface area (Å²) in [6.07, 6.45) is 0. The molecule has 4 nitrogen and oxygen atoms in total. The monoisotopic (exact) mass is 236 g/mol. The van der Waals surface area contributed by atoms with Gasteiger partial charge in [-0.15, -0.1) is 0 Å². The summed E-state index contributed by atoms with van der Waals surface area (Å²) in [6.45, 7) is 5.34. The number of hydrogen-bond acceptors (Lipinski definition) is 4. The first-order valence-corrected chi connectivity index (χ1v) is 5.73. The molecule has 0 aliphatic heterocycles. The van der Waals surface area contributed by atoms with Crippen molar-refractivity contribution in [1.29, 1.82) is 0 Å². The van der Waals surface area contributed by atoms with E-state index in [2.05, 4.69) is 15.7 Å². The van der Waals surface area contributed by atoms with Gasteiger partial charge in [0.05, 0.1) is 7.11 Å². The van der Waals surface area contributed by atoms with E-state index < -0.39 is 6.04 Å². The lowest BCUT2D eigenvalue weighted by Crippen LogP contribution is -2.43. The number of rotatable bonds is 5. The molecule has 0 heterocycles. The average molecular weight is 236 g/mol. The maximum absolute atomic E-state index is 11.3. The second-order valence-corrected chi connectivity index (χ2v) is 4.01. The number of nitrogens with zero attached hydrogens (tertiary/aromatic N) is 1. The number of methoxy groups -OCH3 is 1. The molecule has 0 aliphatic rings. The highest BCUT2D eigenvalue weighted by Gasteiger charge is 2.17. The molecule has 1 aromatic rings. The minimum atomic E-state index is -0.611. The van der Waals surface area contributed by atoms with E-state index in [1.54, 1.807) is 0 Å². The van der Waals surface area contributed by atoms with E-state index in [0.29, 0.717) is 6.54 Å². The number of anilines is 1. The van der Waals surface area contributed by atoms with E-state index >= 15 is 0 Å². The summed E-state index contributed by atoms with van der Waals surface area (Å²) in [5.41, 5.74) is 8.03. The molecule has 0 aromatic heterocycles. The molecule has 0 radical (unpaired) electrons. The smallest absolute Gasteiger partial charge is 0.324 e. The number of ether oxygens (including phenoxy) is 1. The van der Waals surface area contributed by atoms with Crippen molar-refractivity contribution in [1.82, 2.24) is 0 Å². The minimum Gasteiger partial charge on any atom is -0.468 e. The van der Waals surface area contributed by atoms with Crippen LogP contribution in [0.5, 0.6) is 0 Å². The number of hydrogen-bond donors (Lipinski definition) is 1. The number of carbonyl (C=O) groups excluding carboxylic acids is 1. The van der Waals surface area contributed by atoms with Gasteiger partial charge in [0, 0.05) is 18.8 Å². The molecule has 4 heteroatoms. The van der Waals surface area contributed by atoms with Crippen LogP contribution in [0.4, 0.5) is 5.69 Å². The largest absolute Gasteiger partial charge is 0.468 e. The number of esters is 1. The number of carbonyl (C=O) groups is 1. The molecular formula is C13H20N2O2. The first kappa shape index (κ1) is 13.5. The van der Waals surface area contributed by atoms with Crippen LogP contribution in [0.2, 0.25) is 0 Å². The van der Waals surface area contributed by atoms with Gasteiger partial charge in [0.1, 0.15) is 6.04 Å². The van der Waals surface area contributed by atoms with Crippen molar-refractivity contribution in [3.63, 3.8) is 0 Å². The molecule has 1 aromatic carbocycles. The van der Waals surface area contributed by atoms with Gasteiger partial charge in [0.15, 0.2) is 0 Å². The molecule has 0 saturated carbocycles. The van der Waals surface area contributed by atoms with Crippen molar-refractivity contribution in [2.75, 3.05) is 25.1 Å². The van der Waals surface area contributed by atoms with Crippen LogP contribution in [0, 0.1) is 6.92 Å². The van der Waals surface area contributed by atoms with Crippen molar-refractivity contribution in [3.8, 4) is 0 Å². The van der Waals surface area contributed by atoms with Gasteiger partial charge in [-0.2, -0.15) is 0 Å². The predicted octanol–water partition coefficient (Wildman–Crippen LogP) is 1.32. The Bertz CT molecular complexity index is 379. The Kier molecular flexibility index (Phi) is 4.97. The average Bonchev–Trinajstić information content (AvgIpc) is 2.34. The van der Waals surface area contributed by atoms with E-state index in [-0.39, 0.29) is 5.97 Å². The van der Waals surface area contributed by atoms with E-state index in [4.69, 9.17) is 5.73 Å². The Morgan fingerprint density at radius 2 is 2.24 bits per heavy atom. The highest BCUT2D eigenvalue weighted by molar-refractivity contribution is 5.76. The molecule has 0 saturated heterocycles. The topological polar surface area (TPSA) is 55.6 Å². The summed E-state index contributed by atoms with van der Waals surface area (Å²) in [5.74, 6) is -0.379. The van der Waals surface area contributed by atoms with Crippen LogP contribution in [0.3, 0.4) is 0 Å². The first-order valence-electron chi connectivity index (χ1n) is 5.73. The van der Waals surface area contributed by atoms with Crippen molar-refractivity contribution in [3.05, 3.63) is 29.8 Å². The zero-order valence-corrected chi connectivity index (χ0v) is 10.6. The Morgan fingerprint density at radius 1 is 1.53 bits per heavy atom. The number of likely N-dealkylation sites (N-methyl/N-ethyl adjacent to an activating group) is 1. The van der Waals surface area contributed by atoms with Gasteiger partial charge in [-0.05, 0) is 31.5 Å². The van der Waals surface area contributed by atoms with Gasteiger partial charge in [0.2, 0.25) is 0 Å². The third-order valence-electron chi connectivity index (χ3n) is 2.67. The van der Waals surface area contributed by atoms with Crippen LogP contribution in [0.25, 0.3) is 0 Å². The quantitative estimate of drug-likeness (QED) is 0.783. The maximum atomic E-state index is 11.3. The van der Waals surface area contributed by atoms with Crippen LogP contribution in [-0.2, 0) is 9.53 Å². The Labute approximate surface area is 102 Å². The molecule has 0 bridgehead atoms. The van der Waals surface area contributed by atoms with Crippen LogP contribution in [0.15, 0.2) is 24.3 Å². The summed E-state index contributed by atoms with van der Waals surface area (Å²) in [5, 5.41) is 0. The zero-order valence-electron chi connectivity index (χ0n) is 10.6. The van der Waals surface area contributed by atoms with Crippen LogP contribution < -0.4 is 10.6 Å². The molecule has 0 spiro atoms. The van der Waals surface area contributed by atoms with E-state index in [1.807, 2.05) is 32.0 Å². The molecule has 1 atom stereocenters. The fourth-order valence-corrected chi connectivity index (χ4v) is 1.71. The molecule has 2 N–H and O–H groups in total. The molecular weight excluding hydrogens is 216 g/mol. The second-order valence-electron chi connectivity index (χ2n) is 4.01. The lowest BCUT2D eigenvalue weighted by Gasteiger charge is -2.25. The summed E-state index contributed by atoms with van der Waals surface area (Å²) < 4.78 is 4.63. The Hall–Kier alpha value is -1.55. The minimum absolute atomic E-state index is 0.379. The molecule has 1 unspecified atom stereocenters. The molecule has 0 amide bonds. The van der Waals surface area contributed by atoms with Crippen molar-refractivity contribution < 1.29 is 9.53 Å². The van der Waals surface area contributed by atoms with Crippen molar-refractivity contribution in [2.45, 2.75) is 19.9 Å². The van der Waals surface area contributed by atoms with E-state index in [1.165, 1.54) is 12.7 Å². The Morgan fingerprint density at radius 3 is 2.76 bits per heavy atom. The predicted molar refractivity (Wildman–Crippen MR) is 69.1 cm³/mol. The van der Waals surface area contributed by atoms with Gasteiger partial charge >= 0.3 is 5.97 Å². The first-order chi connectivity index (χ1) is 8.08. The summed E-state index contributed by atoms with van der Waals surface area (Å²) >= 11 is 0.